The predicted molar refractivity (Wildman–Crippen MR) is 113 cm³/mol. The molecule has 0 spiro atoms. The number of H-pyrrole nitrogens is 1. The summed E-state index contributed by atoms with van der Waals surface area (Å²) in [6.45, 7) is 7.03. The molecule has 0 saturated carbocycles. The molecule has 2 aromatic heterocycles. The van der Waals surface area contributed by atoms with Gasteiger partial charge in [0.1, 0.15) is 11.4 Å². The first-order valence-corrected chi connectivity index (χ1v) is 9.99. The summed E-state index contributed by atoms with van der Waals surface area (Å²) in [4.78, 5) is 32.5. The lowest BCUT2D eigenvalue weighted by Crippen LogP contribution is -2.15. The Balaban J connectivity index is 1.77. The fraction of sp³-hybridized carbons (Fsp3) is 0.286. The molecule has 2 N–H and O–H groups in total. The zero-order chi connectivity index (χ0) is 21.1. The van der Waals surface area contributed by atoms with E-state index < -0.39 is 5.97 Å². The third kappa shape index (κ3) is 4.48. The van der Waals surface area contributed by atoms with Crippen LogP contribution >= 0.6 is 11.3 Å². The molecule has 152 valence electrons. The summed E-state index contributed by atoms with van der Waals surface area (Å²) in [6.07, 6.45) is -0.236. The zero-order valence-corrected chi connectivity index (χ0v) is 17.8. The van der Waals surface area contributed by atoms with Gasteiger partial charge in [-0.15, -0.1) is 11.3 Å². The number of amides is 1. The van der Waals surface area contributed by atoms with Crippen molar-refractivity contribution in [2.45, 2.75) is 33.8 Å². The number of methoxy groups -OCH3 is 1. The van der Waals surface area contributed by atoms with Crippen molar-refractivity contribution in [3.05, 3.63) is 52.2 Å². The second-order valence-electron chi connectivity index (χ2n) is 6.80. The van der Waals surface area contributed by atoms with Crippen LogP contribution in [0.15, 0.2) is 29.6 Å². The molecule has 0 bridgehead atoms. The first-order chi connectivity index (χ1) is 13.8. The zero-order valence-electron chi connectivity index (χ0n) is 17.0. The second-order valence-corrected chi connectivity index (χ2v) is 7.66. The summed E-state index contributed by atoms with van der Waals surface area (Å²) in [7, 11) is 1.61. The third-order valence-corrected chi connectivity index (χ3v) is 5.08. The highest BCUT2D eigenvalue weighted by Gasteiger charge is 2.24. The monoisotopic (exact) mass is 413 g/mol. The maximum absolute atomic E-state index is 12.7. The number of carbonyl (C=O) groups is 2. The van der Waals surface area contributed by atoms with E-state index in [4.69, 9.17) is 9.47 Å². The van der Waals surface area contributed by atoms with Crippen molar-refractivity contribution < 1.29 is 19.1 Å². The molecule has 0 atom stereocenters. The fourth-order valence-corrected chi connectivity index (χ4v) is 3.66. The Hall–Kier alpha value is -3.13. The van der Waals surface area contributed by atoms with Crippen LogP contribution in [0.5, 0.6) is 5.75 Å². The third-order valence-electron chi connectivity index (χ3n) is 4.32. The van der Waals surface area contributed by atoms with Crippen molar-refractivity contribution >= 4 is 28.3 Å². The number of aromatic nitrogens is 2. The summed E-state index contributed by atoms with van der Waals surface area (Å²) in [5.74, 6) is -0.0342. The summed E-state index contributed by atoms with van der Waals surface area (Å²) < 4.78 is 10.4. The number of nitrogens with zero attached hydrogens (tertiary/aromatic N) is 1. The number of nitrogens with one attached hydrogen (secondary N) is 2. The van der Waals surface area contributed by atoms with E-state index in [1.165, 1.54) is 11.3 Å². The Labute approximate surface area is 173 Å². The molecule has 2 heterocycles. The average molecular weight is 413 g/mol. The topological polar surface area (TPSA) is 93.3 Å². The molecule has 7 nitrogen and oxygen atoms in total. The first-order valence-electron chi connectivity index (χ1n) is 9.11. The van der Waals surface area contributed by atoms with Gasteiger partial charge in [-0.25, -0.2) is 9.78 Å². The first kappa shape index (κ1) is 20.6. The van der Waals surface area contributed by atoms with Gasteiger partial charge in [0.05, 0.1) is 24.5 Å². The van der Waals surface area contributed by atoms with Gasteiger partial charge < -0.3 is 14.5 Å². The van der Waals surface area contributed by atoms with Crippen LogP contribution < -0.4 is 10.1 Å². The minimum absolute atomic E-state index is 0.236. The lowest BCUT2D eigenvalue weighted by Gasteiger charge is -2.08. The molecule has 3 rings (SSSR count). The van der Waals surface area contributed by atoms with E-state index in [0.717, 1.165) is 17.0 Å². The molecule has 0 aliphatic heterocycles. The largest absolute Gasteiger partial charge is 0.497 e. The van der Waals surface area contributed by atoms with E-state index in [0.29, 0.717) is 27.6 Å². The maximum atomic E-state index is 12.7. The number of aryl methyl sites for hydroxylation is 1. The van der Waals surface area contributed by atoms with Gasteiger partial charge in [0.15, 0.2) is 5.13 Å². The Morgan fingerprint density at radius 1 is 1.17 bits per heavy atom. The summed E-state index contributed by atoms with van der Waals surface area (Å²) in [5, 5.41) is 5.13. The van der Waals surface area contributed by atoms with Crippen molar-refractivity contribution in [1.29, 1.82) is 0 Å². The maximum Gasteiger partial charge on any atom is 0.340 e. The number of benzene rings is 1. The van der Waals surface area contributed by atoms with Crippen molar-refractivity contribution in [3.8, 4) is 17.0 Å². The van der Waals surface area contributed by atoms with Crippen molar-refractivity contribution in [1.82, 2.24) is 9.97 Å². The number of thiazole rings is 1. The van der Waals surface area contributed by atoms with E-state index in [-0.39, 0.29) is 12.0 Å². The highest BCUT2D eigenvalue weighted by atomic mass is 32.1. The molecule has 8 heteroatoms. The van der Waals surface area contributed by atoms with Crippen LogP contribution in [-0.4, -0.2) is 35.1 Å². The fourth-order valence-electron chi connectivity index (χ4n) is 2.94. The molecule has 0 saturated heterocycles. The highest BCUT2D eigenvalue weighted by molar-refractivity contribution is 7.14. The molecule has 0 radical (unpaired) electrons. The number of aromatic amines is 1. The number of hydrogen-bond donors (Lipinski definition) is 2. The van der Waals surface area contributed by atoms with Crippen LogP contribution in [0.3, 0.4) is 0 Å². The van der Waals surface area contributed by atoms with Crippen LogP contribution in [0, 0.1) is 13.8 Å². The molecule has 0 fully saturated rings. The van der Waals surface area contributed by atoms with Crippen LogP contribution in [0.25, 0.3) is 11.3 Å². The Morgan fingerprint density at radius 3 is 2.48 bits per heavy atom. The normalized spacial score (nSPS) is 10.8. The molecular formula is C21H23N3O4S. The highest BCUT2D eigenvalue weighted by Crippen LogP contribution is 2.27. The van der Waals surface area contributed by atoms with Crippen molar-refractivity contribution in [3.63, 3.8) is 0 Å². The standard InChI is InChI=1S/C21H23N3O4S/c1-11(2)28-20(26)17-12(3)18(22-13(17)4)19(25)24-21-23-16(10-29-21)14-6-8-15(27-5)9-7-14/h6-11,22H,1-5H3,(H,23,24,25). The van der Waals surface area contributed by atoms with Crippen LogP contribution in [0.2, 0.25) is 0 Å². The quantitative estimate of drug-likeness (QED) is 0.577. The number of rotatable bonds is 6. The van der Waals surface area contributed by atoms with Gasteiger partial charge in [0.25, 0.3) is 5.91 Å². The molecule has 1 aromatic carbocycles. The number of hydrogen-bond acceptors (Lipinski definition) is 6. The lowest BCUT2D eigenvalue weighted by molar-refractivity contribution is 0.0376. The Kier molecular flexibility index (Phi) is 6.03. The van der Waals surface area contributed by atoms with E-state index in [9.17, 15) is 9.59 Å². The molecule has 0 aliphatic rings. The minimum Gasteiger partial charge on any atom is -0.497 e. The molecule has 3 aromatic rings. The Bertz CT molecular complexity index is 1030. The lowest BCUT2D eigenvalue weighted by atomic mass is 10.1. The summed E-state index contributed by atoms with van der Waals surface area (Å²) >= 11 is 1.33. The Morgan fingerprint density at radius 2 is 1.86 bits per heavy atom. The smallest absolute Gasteiger partial charge is 0.340 e. The van der Waals surface area contributed by atoms with E-state index >= 15 is 0 Å². The number of ether oxygens (including phenoxy) is 2. The number of carbonyl (C=O) groups excluding carboxylic acids is 2. The molecular weight excluding hydrogens is 390 g/mol. The predicted octanol–water partition coefficient (Wildman–Crippen LogP) is 4.58. The van der Waals surface area contributed by atoms with Gasteiger partial charge >= 0.3 is 5.97 Å². The van der Waals surface area contributed by atoms with Gasteiger partial charge in [0.2, 0.25) is 0 Å². The van der Waals surface area contributed by atoms with Gasteiger partial charge in [-0.1, -0.05) is 0 Å². The van der Waals surface area contributed by atoms with Gasteiger partial charge in [-0.2, -0.15) is 0 Å². The number of esters is 1. The van der Waals surface area contributed by atoms with Crippen molar-refractivity contribution in [2.75, 3.05) is 12.4 Å². The molecule has 0 unspecified atom stereocenters. The average Bonchev–Trinajstić information content (AvgIpc) is 3.25. The summed E-state index contributed by atoms with van der Waals surface area (Å²) in [6, 6.07) is 7.53. The van der Waals surface area contributed by atoms with Crippen molar-refractivity contribution in [2.24, 2.45) is 0 Å². The minimum atomic E-state index is -0.443. The van der Waals surface area contributed by atoms with Crippen LogP contribution in [-0.2, 0) is 4.74 Å². The molecule has 1 amide bonds. The van der Waals surface area contributed by atoms with E-state index in [1.54, 1.807) is 34.8 Å². The van der Waals surface area contributed by atoms with Crippen LogP contribution in [0.1, 0.15) is 46.0 Å². The van der Waals surface area contributed by atoms with E-state index in [1.807, 2.05) is 29.6 Å². The van der Waals surface area contributed by atoms with Gasteiger partial charge in [0, 0.05) is 16.6 Å². The summed E-state index contributed by atoms with van der Waals surface area (Å²) in [5.41, 5.74) is 3.54. The second kappa shape index (κ2) is 8.48. The van der Waals surface area contributed by atoms with E-state index in [2.05, 4.69) is 15.3 Å². The number of anilines is 1. The molecule has 0 aliphatic carbocycles. The molecule has 29 heavy (non-hydrogen) atoms. The SMILES string of the molecule is COc1ccc(-c2csc(NC(=O)c3[nH]c(C)c(C(=O)OC(C)C)c3C)n2)cc1. The van der Waals surface area contributed by atoms with Gasteiger partial charge in [-0.05, 0) is 57.5 Å². The van der Waals surface area contributed by atoms with Gasteiger partial charge in [-0.3, -0.25) is 10.1 Å². The van der Waals surface area contributed by atoms with Crippen LogP contribution in [0.4, 0.5) is 5.13 Å².